The SMILES string of the molecule is CCn1ccc(C(=O)Nc2nnc(-c3cccc(S(C)(=O)=O)c3)o2)n1. The minimum Gasteiger partial charge on any atom is -0.403 e. The molecule has 2 aromatic heterocycles. The molecule has 0 atom stereocenters. The summed E-state index contributed by atoms with van der Waals surface area (Å²) in [5, 5.41) is 14.1. The minimum atomic E-state index is -3.35. The number of rotatable bonds is 5. The number of benzene rings is 1. The molecule has 0 aliphatic rings. The quantitative estimate of drug-likeness (QED) is 0.733. The van der Waals surface area contributed by atoms with Crippen molar-refractivity contribution in [2.24, 2.45) is 0 Å². The molecular formula is C15H15N5O4S. The highest BCUT2D eigenvalue weighted by molar-refractivity contribution is 7.90. The van der Waals surface area contributed by atoms with Crippen LogP contribution >= 0.6 is 0 Å². The van der Waals surface area contributed by atoms with E-state index in [1.54, 1.807) is 29.1 Å². The van der Waals surface area contributed by atoms with Gasteiger partial charge in [-0.05, 0) is 31.2 Å². The summed E-state index contributed by atoms with van der Waals surface area (Å²) in [4.78, 5) is 12.2. The first kappa shape index (κ1) is 16.8. The second kappa shape index (κ2) is 6.48. The number of nitrogens with zero attached hydrogens (tertiary/aromatic N) is 4. The Morgan fingerprint density at radius 1 is 1.28 bits per heavy atom. The maximum absolute atomic E-state index is 12.1. The molecule has 25 heavy (non-hydrogen) atoms. The van der Waals surface area contributed by atoms with Gasteiger partial charge in [-0.15, -0.1) is 5.10 Å². The lowest BCUT2D eigenvalue weighted by atomic mass is 10.2. The molecule has 0 unspecified atom stereocenters. The van der Waals surface area contributed by atoms with E-state index in [4.69, 9.17) is 4.42 Å². The smallest absolute Gasteiger partial charge is 0.322 e. The van der Waals surface area contributed by atoms with Crippen molar-refractivity contribution in [3.63, 3.8) is 0 Å². The standard InChI is InChI=1S/C15H15N5O4S/c1-3-20-8-7-12(19-20)13(21)16-15-18-17-14(24-15)10-5-4-6-11(9-10)25(2,22)23/h4-9H,3H2,1-2H3,(H,16,18,21). The Morgan fingerprint density at radius 3 is 2.76 bits per heavy atom. The number of amides is 1. The average Bonchev–Trinajstić information content (AvgIpc) is 3.23. The third-order valence-electron chi connectivity index (χ3n) is 3.35. The van der Waals surface area contributed by atoms with E-state index in [2.05, 4.69) is 20.6 Å². The predicted molar refractivity (Wildman–Crippen MR) is 88.7 cm³/mol. The van der Waals surface area contributed by atoms with Crippen molar-refractivity contribution in [2.45, 2.75) is 18.4 Å². The number of aryl methyl sites for hydroxylation is 1. The zero-order valence-corrected chi connectivity index (χ0v) is 14.3. The van der Waals surface area contributed by atoms with Crippen LogP contribution in [0.1, 0.15) is 17.4 Å². The fourth-order valence-electron chi connectivity index (χ4n) is 2.07. The number of sulfone groups is 1. The highest BCUT2D eigenvalue weighted by Gasteiger charge is 2.16. The molecule has 2 heterocycles. The Labute approximate surface area is 143 Å². The Hall–Kier alpha value is -3.01. The lowest BCUT2D eigenvalue weighted by Gasteiger charge is -2.00. The van der Waals surface area contributed by atoms with Crippen LogP contribution < -0.4 is 5.32 Å². The van der Waals surface area contributed by atoms with Gasteiger partial charge in [0.1, 0.15) is 0 Å². The molecule has 0 bridgehead atoms. The van der Waals surface area contributed by atoms with Crippen LogP contribution in [-0.2, 0) is 16.4 Å². The number of hydrogen-bond acceptors (Lipinski definition) is 7. The fourth-order valence-corrected chi connectivity index (χ4v) is 2.74. The first-order valence-corrected chi connectivity index (χ1v) is 9.25. The maximum atomic E-state index is 12.1. The van der Waals surface area contributed by atoms with Gasteiger partial charge in [-0.25, -0.2) is 8.42 Å². The summed E-state index contributed by atoms with van der Waals surface area (Å²) in [5.74, 6) is -0.382. The van der Waals surface area contributed by atoms with Gasteiger partial charge >= 0.3 is 6.01 Å². The van der Waals surface area contributed by atoms with E-state index in [0.717, 1.165) is 6.26 Å². The summed E-state index contributed by atoms with van der Waals surface area (Å²) in [5.41, 5.74) is 0.659. The molecule has 0 aliphatic carbocycles. The van der Waals surface area contributed by atoms with Crippen LogP contribution in [0.4, 0.5) is 6.01 Å². The first-order valence-electron chi connectivity index (χ1n) is 7.35. The molecule has 3 rings (SSSR count). The number of aromatic nitrogens is 4. The third kappa shape index (κ3) is 3.74. The lowest BCUT2D eigenvalue weighted by Crippen LogP contribution is -2.13. The van der Waals surface area contributed by atoms with Gasteiger partial charge in [0.15, 0.2) is 15.5 Å². The number of carbonyl (C=O) groups excluding carboxylic acids is 1. The van der Waals surface area contributed by atoms with Crippen LogP contribution in [-0.4, -0.2) is 40.6 Å². The summed E-state index contributed by atoms with van der Waals surface area (Å²) in [6, 6.07) is 7.59. The van der Waals surface area contributed by atoms with Gasteiger partial charge in [-0.2, -0.15) is 5.10 Å². The Bertz CT molecular complexity index is 1020. The van der Waals surface area contributed by atoms with E-state index >= 15 is 0 Å². The van der Waals surface area contributed by atoms with E-state index < -0.39 is 15.7 Å². The molecule has 0 saturated carbocycles. The second-order valence-electron chi connectivity index (χ2n) is 5.22. The summed E-state index contributed by atoms with van der Waals surface area (Å²) in [7, 11) is -3.35. The van der Waals surface area contributed by atoms with E-state index in [1.165, 1.54) is 12.1 Å². The molecule has 1 aromatic carbocycles. The normalized spacial score (nSPS) is 11.4. The topological polar surface area (TPSA) is 120 Å². The molecule has 1 amide bonds. The Balaban J connectivity index is 1.80. The molecule has 9 nitrogen and oxygen atoms in total. The van der Waals surface area contributed by atoms with Crippen molar-refractivity contribution in [3.05, 3.63) is 42.2 Å². The summed E-state index contributed by atoms with van der Waals surface area (Å²) >= 11 is 0. The van der Waals surface area contributed by atoms with Crippen LogP contribution in [0, 0.1) is 0 Å². The van der Waals surface area contributed by atoms with Crippen LogP contribution in [0.15, 0.2) is 45.8 Å². The zero-order valence-electron chi connectivity index (χ0n) is 13.5. The van der Waals surface area contributed by atoms with Crippen LogP contribution in [0.2, 0.25) is 0 Å². The van der Waals surface area contributed by atoms with Gasteiger partial charge in [0, 0.05) is 24.6 Å². The molecular weight excluding hydrogens is 346 g/mol. The molecule has 3 aromatic rings. The van der Waals surface area contributed by atoms with Crippen molar-refractivity contribution in [2.75, 3.05) is 11.6 Å². The number of hydrogen-bond donors (Lipinski definition) is 1. The molecule has 0 saturated heterocycles. The summed E-state index contributed by atoms with van der Waals surface area (Å²) < 4.78 is 30.2. The van der Waals surface area contributed by atoms with Crippen molar-refractivity contribution >= 4 is 21.8 Å². The number of nitrogens with one attached hydrogen (secondary N) is 1. The lowest BCUT2D eigenvalue weighted by molar-refractivity contribution is 0.101. The van der Waals surface area contributed by atoms with E-state index in [0.29, 0.717) is 12.1 Å². The van der Waals surface area contributed by atoms with E-state index in [-0.39, 0.29) is 22.5 Å². The van der Waals surface area contributed by atoms with Crippen LogP contribution in [0.25, 0.3) is 11.5 Å². The largest absolute Gasteiger partial charge is 0.403 e. The van der Waals surface area contributed by atoms with Crippen molar-refractivity contribution in [1.82, 2.24) is 20.0 Å². The van der Waals surface area contributed by atoms with Gasteiger partial charge in [0.2, 0.25) is 5.89 Å². The first-order chi connectivity index (χ1) is 11.9. The highest BCUT2D eigenvalue weighted by Crippen LogP contribution is 2.22. The fraction of sp³-hybridized carbons (Fsp3) is 0.200. The van der Waals surface area contributed by atoms with E-state index in [9.17, 15) is 13.2 Å². The molecule has 130 valence electrons. The maximum Gasteiger partial charge on any atom is 0.322 e. The predicted octanol–water partition coefficient (Wildman–Crippen LogP) is 1.61. The third-order valence-corrected chi connectivity index (χ3v) is 4.46. The molecule has 1 N–H and O–H groups in total. The van der Waals surface area contributed by atoms with Gasteiger partial charge in [0.25, 0.3) is 5.91 Å². The molecule has 0 fully saturated rings. The molecule has 0 aliphatic heterocycles. The summed E-state index contributed by atoms with van der Waals surface area (Å²) in [6.07, 6.45) is 2.80. The van der Waals surface area contributed by atoms with Gasteiger partial charge in [-0.1, -0.05) is 11.2 Å². The van der Waals surface area contributed by atoms with Gasteiger partial charge in [-0.3, -0.25) is 14.8 Å². The van der Waals surface area contributed by atoms with Crippen LogP contribution in [0.3, 0.4) is 0 Å². The van der Waals surface area contributed by atoms with Gasteiger partial charge in [0.05, 0.1) is 4.90 Å². The number of anilines is 1. The molecule has 0 radical (unpaired) electrons. The molecule has 10 heteroatoms. The van der Waals surface area contributed by atoms with Crippen LogP contribution in [0.5, 0.6) is 0 Å². The summed E-state index contributed by atoms with van der Waals surface area (Å²) in [6.45, 7) is 2.55. The Kier molecular flexibility index (Phi) is 4.36. The second-order valence-corrected chi connectivity index (χ2v) is 7.24. The zero-order chi connectivity index (χ0) is 18.0. The van der Waals surface area contributed by atoms with Crippen molar-refractivity contribution in [3.8, 4) is 11.5 Å². The van der Waals surface area contributed by atoms with Crippen molar-refractivity contribution in [1.29, 1.82) is 0 Å². The van der Waals surface area contributed by atoms with Gasteiger partial charge < -0.3 is 4.42 Å². The highest BCUT2D eigenvalue weighted by atomic mass is 32.2. The monoisotopic (exact) mass is 361 g/mol. The minimum absolute atomic E-state index is 0.0971. The van der Waals surface area contributed by atoms with Crippen molar-refractivity contribution < 1.29 is 17.6 Å². The average molecular weight is 361 g/mol. The number of carbonyl (C=O) groups is 1. The Morgan fingerprint density at radius 2 is 2.08 bits per heavy atom. The molecule has 0 spiro atoms. The van der Waals surface area contributed by atoms with E-state index in [1.807, 2.05) is 6.92 Å².